The first-order valence-electron chi connectivity index (χ1n) is 8.35. The third-order valence-electron chi connectivity index (χ3n) is 4.49. The van der Waals surface area contributed by atoms with Crippen molar-refractivity contribution >= 4 is 17.5 Å². The average Bonchev–Trinajstić information content (AvgIpc) is 2.64. The minimum Gasteiger partial charge on any atom is -0.339 e. The highest BCUT2D eigenvalue weighted by atomic mass is 16.2. The molecule has 2 amide bonds. The van der Waals surface area contributed by atoms with Crippen molar-refractivity contribution in [2.45, 2.75) is 19.8 Å². The van der Waals surface area contributed by atoms with Crippen LogP contribution in [0.4, 0.5) is 5.69 Å². The average molecular weight is 322 g/mol. The molecule has 4 heteroatoms. The molecule has 1 N–H and O–H groups in total. The Morgan fingerprint density at radius 3 is 2.21 bits per heavy atom. The number of piperidine rings is 1. The summed E-state index contributed by atoms with van der Waals surface area (Å²) in [4.78, 5) is 26.6. The Bertz CT molecular complexity index is 702. The molecule has 0 aromatic heterocycles. The zero-order valence-corrected chi connectivity index (χ0v) is 13.9. The quantitative estimate of drug-likeness (QED) is 0.940. The van der Waals surface area contributed by atoms with Gasteiger partial charge in [-0.05, 0) is 44.0 Å². The van der Waals surface area contributed by atoms with Gasteiger partial charge in [0.15, 0.2) is 0 Å². The Morgan fingerprint density at radius 1 is 0.958 bits per heavy atom. The first kappa shape index (κ1) is 16.2. The number of hydrogen-bond donors (Lipinski definition) is 1. The summed E-state index contributed by atoms with van der Waals surface area (Å²) in [6, 6.07) is 17.1. The minimum absolute atomic E-state index is 0.0360. The van der Waals surface area contributed by atoms with E-state index in [1.807, 2.05) is 66.4 Å². The van der Waals surface area contributed by atoms with Gasteiger partial charge in [0.1, 0.15) is 0 Å². The lowest BCUT2D eigenvalue weighted by molar-refractivity contribution is -0.121. The van der Waals surface area contributed by atoms with Gasteiger partial charge < -0.3 is 10.2 Å². The van der Waals surface area contributed by atoms with Gasteiger partial charge in [0.05, 0.1) is 0 Å². The molecule has 4 nitrogen and oxygen atoms in total. The number of anilines is 1. The van der Waals surface area contributed by atoms with Crippen LogP contribution in [0.25, 0.3) is 0 Å². The van der Waals surface area contributed by atoms with Crippen LogP contribution in [0, 0.1) is 12.8 Å². The van der Waals surface area contributed by atoms with Crippen LogP contribution in [0.15, 0.2) is 54.6 Å². The lowest BCUT2D eigenvalue weighted by Gasteiger charge is -2.31. The van der Waals surface area contributed by atoms with Crippen LogP contribution in [0.5, 0.6) is 0 Å². The van der Waals surface area contributed by atoms with Crippen molar-refractivity contribution in [2.75, 3.05) is 18.4 Å². The van der Waals surface area contributed by atoms with Crippen molar-refractivity contribution in [3.8, 4) is 0 Å². The summed E-state index contributed by atoms with van der Waals surface area (Å²) in [6.45, 7) is 3.27. The summed E-state index contributed by atoms with van der Waals surface area (Å²) in [6.07, 6.45) is 1.41. The van der Waals surface area contributed by atoms with Crippen molar-refractivity contribution in [3.63, 3.8) is 0 Å². The van der Waals surface area contributed by atoms with E-state index in [2.05, 4.69) is 5.32 Å². The predicted octanol–water partition coefficient (Wildman–Crippen LogP) is 3.49. The van der Waals surface area contributed by atoms with Crippen LogP contribution < -0.4 is 5.32 Å². The molecule has 0 radical (unpaired) electrons. The monoisotopic (exact) mass is 322 g/mol. The molecule has 0 spiro atoms. The number of rotatable bonds is 3. The number of carbonyl (C=O) groups excluding carboxylic acids is 2. The number of likely N-dealkylation sites (tertiary alicyclic amines) is 1. The predicted molar refractivity (Wildman–Crippen MR) is 94.9 cm³/mol. The number of carbonyl (C=O) groups is 2. The highest BCUT2D eigenvalue weighted by molar-refractivity contribution is 5.95. The largest absolute Gasteiger partial charge is 0.339 e. The summed E-state index contributed by atoms with van der Waals surface area (Å²) >= 11 is 0. The number of nitrogens with zero attached hydrogens (tertiary/aromatic N) is 1. The van der Waals surface area contributed by atoms with Gasteiger partial charge in [-0.3, -0.25) is 9.59 Å². The van der Waals surface area contributed by atoms with Crippen molar-refractivity contribution in [1.29, 1.82) is 0 Å². The molecule has 24 heavy (non-hydrogen) atoms. The Labute approximate surface area is 142 Å². The van der Waals surface area contributed by atoms with E-state index < -0.39 is 0 Å². The first-order chi connectivity index (χ1) is 11.6. The summed E-state index contributed by atoms with van der Waals surface area (Å²) in [7, 11) is 0. The molecule has 2 aromatic carbocycles. The second-order valence-electron chi connectivity index (χ2n) is 6.29. The highest BCUT2D eigenvalue weighted by Crippen LogP contribution is 2.21. The molecular weight excluding hydrogens is 300 g/mol. The fourth-order valence-electron chi connectivity index (χ4n) is 2.99. The molecule has 0 atom stereocenters. The lowest BCUT2D eigenvalue weighted by atomic mass is 9.95. The van der Waals surface area contributed by atoms with E-state index in [-0.39, 0.29) is 17.7 Å². The topological polar surface area (TPSA) is 49.4 Å². The van der Waals surface area contributed by atoms with Crippen molar-refractivity contribution in [3.05, 3.63) is 65.7 Å². The molecule has 0 unspecified atom stereocenters. The van der Waals surface area contributed by atoms with Gasteiger partial charge in [-0.15, -0.1) is 0 Å². The van der Waals surface area contributed by atoms with Crippen LogP contribution in [0.1, 0.15) is 28.8 Å². The standard InChI is InChI=1S/C20H22N2O2/c1-15-7-9-18(10-8-15)21-19(23)16-11-13-22(14-12-16)20(24)17-5-3-2-4-6-17/h2-10,16H,11-14H2,1H3,(H,21,23). The summed E-state index contributed by atoms with van der Waals surface area (Å²) in [5.74, 6) is 0.0600. The van der Waals surface area contributed by atoms with Crippen LogP contribution in [0.2, 0.25) is 0 Å². The molecule has 3 rings (SSSR count). The molecule has 1 aliphatic heterocycles. The van der Waals surface area contributed by atoms with E-state index in [0.29, 0.717) is 31.5 Å². The Hall–Kier alpha value is -2.62. The second kappa shape index (κ2) is 7.30. The van der Waals surface area contributed by atoms with Gasteiger partial charge in [0.2, 0.25) is 5.91 Å². The Balaban J connectivity index is 1.54. The maximum absolute atomic E-state index is 12.4. The Morgan fingerprint density at radius 2 is 1.58 bits per heavy atom. The van der Waals surface area contributed by atoms with Crippen LogP contribution >= 0.6 is 0 Å². The lowest BCUT2D eigenvalue weighted by Crippen LogP contribution is -2.41. The van der Waals surface area contributed by atoms with E-state index in [1.54, 1.807) is 0 Å². The van der Waals surface area contributed by atoms with Crippen molar-refractivity contribution in [2.24, 2.45) is 5.92 Å². The molecule has 124 valence electrons. The SMILES string of the molecule is Cc1ccc(NC(=O)C2CCN(C(=O)c3ccccc3)CC2)cc1. The second-order valence-corrected chi connectivity index (χ2v) is 6.29. The fraction of sp³-hybridized carbons (Fsp3) is 0.300. The Kier molecular flexibility index (Phi) is 4.94. The molecule has 1 saturated heterocycles. The highest BCUT2D eigenvalue weighted by Gasteiger charge is 2.27. The van der Waals surface area contributed by atoms with E-state index in [1.165, 1.54) is 5.56 Å². The van der Waals surface area contributed by atoms with Crippen LogP contribution in [-0.2, 0) is 4.79 Å². The number of amides is 2. The van der Waals surface area contributed by atoms with Gasteiger partial charge in [0, 0.05) is 30.3 Å². The van der Waals surface area contributed by atoms with E-state index >= 15 is 0 Å². The number of aryl methyl sites for hydroxylation is 1. The molecule has 0 bridgehead atoms. The van der Waals surface area contributed by atoms with Crippen LogP contribution in [0.3, 0.4) is 0 Å². The van der Waals surface area contributed by atoms with Crippen LogP contribution in [-0.4, -0.2) is 29.8 Å². The number of benzene rings is 2. The van der Waals surface area contributed by atoms with Gasteiger partial charge in [-0.1, -0.05) is 35.9 Å². The molecule has 2 aromatic rings. The molecule has 1 fully saturated rings. The molecule has 0 saturated carbocycles. The third-order valence-corrected chi connectivity index (χ3v) is 4.49. The van der Waals surface area contributed by atoms with Gasteiger partial charge in [0.25, 0.3) is 5.91 Å². The van der Waals surface area contributed by atoms with E-state index in [9.17, 15) is 9.59 Å². The molecule has 0 aliphatic carbocycles. The smallest absolute Gasteiger partial charge is 0.253 e. The summed E-state index contributed by atoms with van der Waals surface area (Å²) in [5.41, 5.74) is 2.70. The van der Waals surface area contributed by atoms with Gasteiger partial charge >= 0.3 is 0 Å². The normalized spacial score (nSPS) is 15.1. The van der Waals surface area contributed by atoms with Gasteiger partial charge in [-0.2, -0.15) is 0 Å². The maximum Gasteiger partial charge on any atom is 0.253 e. The van der Waals surface area contributed by atoms with Crippen molar-refractivity contribution in [1.82, 2.24) is 4.90 Å². The third kappa shape index (κ3) is 3.82. The molecular formula is C20H22N2O2. The number of nitrogens with one attached hydrogen (secondary N) is 1. The molecule has 1 heterocycles. The summed E-state index contributed by atoms with van der Waals surface area (Å²) < 4.78 is 0. The first-order valence-corrected chi connectivity index (χ1v) is 8.35. The zero-order valence-electron chi connectivity index (χ0n) is 13.9. The minimum atomic E-state index is -0.0360. The van der Waals surface area contributed by atoms with Crippen molar-refractivity contribution < 1.29 is 9.59 Å². The number of hydrogen-bond acceptors (Lipinski definition) is 2. The van der Waals surface area contributed by atoms with Gasteiger partial charge in [-0.25, -0.2) is 0 Å². The maximum atomic E-state index is 12.4. The summed E-state index contributed by atoms with van der Waals surface area (Å²) in [5, 5.41) is 2.97. The molecule has 1 aliphatic rings. The van der Waals surface area contributed by atoms with E-state index in [0.717, 1.165) is 5.69 Å². The fourth-order valence-corrected chi connectivity index (χ4v) is 2.99. The van der Waals surface area contributed by atoms with E-state index in [4.69, 9.17) is 0 Å². The zero-order chi connectivity index (χ0) is 16.9.